The molecule has 0 unspecified atom stereocenters. The van der Waals surface area contributed by atoms with Crippen molar-refractivity contribution in [2.75, 3.05) is 32.6 Å². The summed E-state index contributed by atoms with van der Waals surface area (Å²) in [5.74, 6) is 5.50. The highest BCUT2D eigenvalue weighted by Gasteiger charge is 2.38. The van der Waals surface area contributed by atoms with Crippen molar-refractivity contribution in [1.82, 2.24) is 24.2 Å². The van der Waals surface area contributed by atoms with Crippen LogP contribution in [0.2, 0.25) is 0 Å². The van der Waals surface area contributed by atoms with Crippen LogP contribution in [0.1, 0.15) is 58.8 Å². The zero-order valence-corrected chi connectivity index (χ0v) is 21.6. The highest BCUT2D eigenvalue weighted by molar-refractivity contribution is 6.00. The van der Waals surface area contributed by atoms with E-state index in [2.05, 4.69) is 38.4 Å². The molecular weight excluding hydrogens is 489 g/mol. The van der Waals surface area contributed by atoms with Crippen LogP contribution in [0, 0.1) is 24.6 Å². The smallest absolute Gasteiger partial charge is 0.255 e. The first-order valence-electron chi connectivity index (χ1n) is 12.5. The number of aromatic nitrogens is 4. The number of halogens is 1. The number of amides is 2. The van der Waals surface area contributed by atoms with Gasteiger partial charge in [0.05, 0.1) is 35.3 Å². The van der Waals surface area contributed by atoms with Gasteiger partial charge < -0.3 is 25.3 Å². The summed E-state index contributed by atoms with van der Waals surface area (Å²) in [5, 5.41) is 7.59. The number of hydrogen-bond acceptors (Lipinski definition) is 6. The molecule has 5 rings (SSSR count). The van der Waals surface area contributed by atoms with E-state index in [0.717, 1.165) is 24.2 Å². The second-order valence-corrected chi connectivity index (χ2v) is 9.66. The lowest BCUT2D eigenvalue weighted by molar-refractivity contribution is -0.127. The number of imidazole rings is 1. The number of nitrogens with two attached hydrogens (primary N) is 1. The number of aryl methyl sites for hydroxylation is 1. The van der Waals surface area contributed by atoms with E-state index in [1.54, 1.807) is 29.8 Å². The monoisotopic (exact) mass is 519 g/mol. The van der Waals surface area contributed by atoms with E-state index >= 15 is 4.39 Å². The molecule has 3 N–H and O–H groups in total. The van der Waals surface area contributed by atoms with E-state index in [4.69, 9.17) is 10.5 Å². The molecule has 198 valence electrons. The van der Waals surface area contributed by atoms with Crippen LogP contribution in [0.3, 0.4) is 0 Å². The topological polar surface area (TPSA) is 120 Å². The molecule has 2 fully saturated rings. The summed E-state index contributed by atoms with van der Waals surface area (Å²) in [6.45, 7) is 6.19. The van der Waals surface area contributed by atoms with Crippen molar-refractivity contribution in [2.45, 2.75) is 44.3 Å². The maximum absolute atomic E-state index is 15.1. The van der Waals surface area contributed by atoms with Crippen molar-refractivity contribution in [3.8, 4) is 11.8 Å². The molecule has 11 heteroatoms. The lowest BCUT2D eigenvalue weighted by Crippen LogP contribution is -2.37. The average molecular weight is 520 g/mol. The van der Waals surface area contributed by atoms with Crippen LogP contribution >= 0.6 is 0 Å². The predicted octanol–water partition coefficient (Wildman–Crippen LogP) is 2.53. The van der Waals surface area contributed by atoms with Crippen molar-refractivity contribution >= 4 is 28.7 Å². The highest BCUT2D eigenvalue weighted by atomic mass is 19.1. The third-order valence-electron chi connectivity index (χ3n) is 7.13. The zero-order chi connectivity index (χ0) is 27.1. The SMILES string of the molecule is C=CC(=O)N1C[C@@H](n2nc(C#Cc3cc4nc(C)n(C5CC5)c4cc3F)c(C(N)=O)c2NC)C[C@@H]1COC. The molecule has 1 aliphatic heterocycles. The molecular formula is C27H30FN7O3. The minimum absolute atomic E-state index is 0.104. The molecule has 0 spiro atoms. The molecule has 1 saturated heterocycles. The van der Waals surface area contributed by atoms with Crippen molar-refractivity contribution < 1.29 is 18.7 Å². The van der Waals surface area contributed by atoms with Crippen LogP contribution in [0.15, 0.2) is 24.8 Å². The average Bonchev–Trinajstić information content (AvgIpc) is 3.38. The Hall–Kier alpha value is -4.17. The van der Waals surface area contributed by atoms with Crippen LogP contribution in [0.25, 0.3) is 11.0 Å². The number of primary amides is 1. The summed E-state index contributed by atoms with van der Waals surface area (Å²) in [6.07, 6.45) is 3.94. The van der Waals surface area contributed by atoms with Crippen LogP contribution in [-0.4, -0.2) is 69.4 Å². The Labute approximate surface area is 219 Å². The van der Waals surface area contributed by atoms with Gasteiger partial charge in [-0.3, -0.25) is 9.59 Å². The van der Waals surface area contributed by atoms with Gasteiger partial charge in [0.2, 0.25) is 5.91 Å². The van der Waals surface area contributed by atoms with Crippen molar-refractivity contribution in [3.05, 3.63) is 53.3 Å². The molecule has 2 aliphatic rings. The van der Waals surface area contributed by atoms with Gasteiger partial charge in [-0.1, -0.05) is 12.5 Å². The summed E-state index contributed by atoms with van der Waals surface area (Å²) in [5.41, 5.74) is 7.51. The fourth-order valence-electron chi connectivity index (χ4n) is 5.32. The molecule has 2 atom stereocenters. The first-order valence-corrected chi connectivity index (χ1v) is 12.5. The third-order valence-corrected chi connectivity index (χ3v) is 7.13. The van der Waals surface area contributed by atoms with E-state index in [-0.39, 0.29) is 34.8 Å². The Balaban J connectivity index is 1.53. The summed E-state index contributed by atoms with van der Waals surface area (Å²) in [6, 6.07) is 3.00. The van der Waals surface area contributed by atoms with Crippen LogP contribution in [0.4, 0.5) is 10.2 Å². The normalized spacial score (nSPS) is 18.9. The largest absolute Gasteiger partial charge is 0.383 e. The quantitative estimate of drug-likeness (QED) is 0.366. The molecule has 1 saturated carbocycles. The molecule has 0 bridgehead atoms. The van der Waals surface area contributed by atoms with Crippen LogP contribution in [-0.2, 0) is 9.53 Å². The number of anilines is 1. The van der Waals surface area contributed by atoms with Gasteiger partial charge in [-0.25, -0.2) is 14.1 Å². The van der Waals surface area contributed by atoms with Gasteiger partial charge in [0, 0.05) is 32.8 Å². The van der Waals surface area contributed by atoms with Crippen LogP contribution in [0.5, 0.6) is 0 Å². The second-order valence-electron chi connectivity index (χ2n) is 9.66. The first-order chi connectivity index (χ1) is 18.3. The van der Waals surface area contributed by atoms with Crippen molar-refractivity contribution in [3.63, 3.8) is 0 Å². The summed E-state index contributed by atoms with van der Waals surface area (Å²) in [4.78, 5) is 31.1. The van der Waals surface area contributed by atoms with E-state index in [1.807, 2.05) is 6.92 Å². The van der Waals surface area contributed by atoms with E-state index in [1.165, 1.54) is 12.1 Å². The van der Waals surface area contributed by atoms with Gasteiger partial charge in [-0.05, 0) is 44.2 Å². The number of carbonyl (C=O) groups is 2. The maximum Gasteiger partial charge on any atom is 0.255 e. The van der Waals surface area contributed by atoms with Crippen LogP contribution < -0.4 is 11.1 Å². The lowest BCUT2D eigenvalue weighted by atomic mass is 10.1. The number of benzene rings is 1. The number of methoxy groups -OCH3 is 1. The number of rotatable bonds is 7. The Morgan fingerprint density at radius 1 is 1.32 bits per heavy atom. The highest BCUT2D eigenvalue weighted by Crippen LogP contribution is 2.39. The Bertz CT molecular complexity index is 1510. The molecule has 1 aromatic carbocycles. The summed E-state index contributed by atoms with van der Waals surface area (Å²) in [7, 11) is 3.22. The number of fused-ring (bicyclic) bond motifs is 1. The number of nitrogens with zero attached hydrogens (tertiary/aromatic N) is 5. The molecule has 2 amide bonds. The standard InChI is InChI=1S/C27H30FN7O3/c1-5-24(36)33-13-18(11-19(33)14-38-4)35-27(30-3)25(26(29)37)21(32-35)9-6-16-10-22-23(12-20(16)28)34(15(2)31-22)17-7-8-17/h5,10,12,17-19,30H,1,7-8,11,13-14H2,2-4H3,(H2,29,37)/t18-,19+/m0/s1. The molecule has 2 aromatic heterocycles. The molecule has 10 nitrogen and oxygen atoms in total. The second kappa shape index (κ2) is 9.95. The van der Waals surface area contributed by atoms with E-state index in [9.17, 15) is 9.59 Å². The summed E-state index contributed by atoms with van der Waals surface area (Å²) < 4.78 is 24.1. The van der Waals surface area contributed by atoms with Gasteiger partial charge in [0.1, 0.15) is 23.0 Å². The molecule has 1 aliphatic carbocycles. The summed E-state index contributed by atoms with van der Waals surface area (Å²) >= 11 is 0. The zero-order valence-electron chi connectivity index (χ0n) is 21.6. The lowest BCUT2D eigenvalue weighted by Gasteiger charge is -2.22. The van der Waals surface area contributed by atoms with Gasteiger partial charge in [-0.15, -0.1) is 0 Å². The number of nitrogens with one attached hydrogen (secondary N) is 1. The number of carbonyl (C=O) groups excluding carboxylic acids is 2. The van der Waals surface area contributed by atoms with Gasteiger partial charge in [0.25, 0.3) is 5.91 Å². The number of ether oxygens (including phenoxy) is 1. The van der Waals surface area contributed by atoms with Gasteiger partial charge in [0.15, 0.2) is 5.69 Å². The third kappa shape index (κ3) is 4.41. The Morgan fingerprint density at radius 3 is 2.71 bits per heavy atom. The molecule has 3 heterocycles. The number of likely N-dealkylation sites (tertiary alicyclic amines) is 1. The Kier molecular flexibility index (Phi) is 6.67. The minimum atomic E-state index is -0.718. The Morgan fingerprint density at radius 2 is 2.08 bits per heavy atom. The van der Waals surface area contributed by atoms with Gasteiger partial charge in [-0.2, -0.15) is 5.10 Å². The first kappa shape index (κ1) is 25.5. The van der Waals surface area contributed by atoms with Crippen molar-refractivity contribution in [2.24, 2.45) is 5.73 Å². The van der Waals surface area contributed by atoms with E-state index < -0.39 is 11.7 Å². The fraction of sp³-hybridized carbons (Fsp3) is 0.407. The van der Waals surface area contributed by atoms with Gasteiger partial charge >= 0.3 is 0 Å². The molecule has 0 radical (unpaired) electrons. The van der Waals surface area contributed by atoms with Crippen molar-refractivity contribution in [1.29, 1.82) is 0 Å². The van der Waals surface area contributed by atoms with E-state index in [0.29, 0.717) is 36.9 Å². The fourth-order valence-corrected chi connectivity index (χ4v) is 5.32. The minimum Gasteiger partial charge on any atom is -0.383 e. The number of hydrogen-bond donors (Lipinski definition) is 2. The predicted molar refractivity (Wildman–Crippen MR) is 140 cm³/mol. The maximum atomic E-state index is 15.1. The molecule has 38 heavy (non-hydrogen) atoms. The molecule has 3 aromatic rings.